The minimum absolute atomic E-state index is 0.0535. The number of halogens is 1. The van der Waals surface area contributed by atoms with Gasteiger partial charge >= 0.3 is 17.8 Å². The fraction of sp³-hybridized carbons (Fsp3) is 0.542. The van der Waals surface area contributed by atoms with Crippen molar-refractivity contribution in [2.24, 2.45) is 17.3 Å². The number of hydrazine groups is 1. The van der Waals surface area contributed by atoms with Crippen LogP contribution in [0.5, 0.6) is 0 Å². The predicted octanol–water partition coefficient (Wildman–Crippen LogP) is 7.58. The summed E-state index contributed by atoms with van der Waals surface area (Å²) in [5.74, 6) is -3.26. The van der Waals surface area contributed by atoms with E-state index in [1.54, 1.807) is 35.5 Å². The molecule has 75 heavy (non-hydrogen) atoms. The number of benzene rings is 2. The van der Waals surface area contributed by atoms with Crippen LogP contribution in [0.4, 0.5) is 4.39 Å². The average Bonchev–Trinajstić information content (AvgIpc) is 3.53. The Kier molecular flexibility index (Phi) is 16.3. The molecule has 4 aliphatic rings. The molecular weight excluding hydrogens is 952 g/mol. The highest BCUT2D eigenvalue weighted by atomic mass is 19.1. The number of pyridine rings is 1. The second kappa shape index (κ2) is 22.2. The zero-order chi connectivity index (χ0) is 54.1. The van der Waals surface area contributed by atoms with Gasteiger partial charge in [-0.1, -0.05) is 64.1 Å². The standard InChI is InChI=1S/C59H78FN8O7/c1-12-66-48-23-22-43-34-46(48)47(52(66)45-19-14-27-61-50(45)40(5)74-11)36-57(6,7)37-75-54(71)44-20-15-29-68(62-39(44)4)56(73)59(35-41-17-13-18-42(43)33-41)26-32-67(59)53(70)51(38(2)3)64(10)55(72)58(60)24-30-65(31-25-58)49(69)21-16-28-63(8)9/h13-14,16-19,21-23,27,32-34,38-40,44,51,62H,12,15,20,24-26,28-31,35-37H2,1-11H3/q+1/b21-16+/t39?,40-,44+,51?,59?/m0/s1. The van der Waals surface area contributed by atoms with Gasteiger partial charge in [0.15, 0.2) is 17.9 Å². The average molecular weight is 1030 g/mol. The number of amides is 4. The highest BCUT2D eigenvalue weighted by Crippen LogP contribution is 2.43. The second-order valence-corrected chi connectivity index (χ2v) is 22.8. The van der Waals surface area contributed by atoms with Crippen LogP contribution in [0.2, 0.25) is 0 Å². The molecule has 2 fully saturated rings. The Morgan fingerprint density at radius 2 is 1.73 bits per heavy atom. The number of ether oxygens (including phenoxy) is 2. The molecule has 5 atom stereocenters. The molecule has 8 rings (SSSR count). The first kappa shape index (κ1) is 55.1. The van der Waals surface area contributed by atoms with E-state index in [9.17, 15) is 14.4 Å². The van der Waals surface area contributed by atoms with Crippen LogP contribution in [0.25, 0.3) is 33.3 Å². The lowest BCUT2D eigenvalue weighted by Crippen LogP contribution is -2.69. The van der Waals surface area contributed by atoms with E-state index in [-0.39, 0.29) is 75.8 Å². The fourth-order valence-electron chi connectivity index (χ4n) is 11.8. The summed E-state index contributed by atoms with van der Waals surface area (Å²) in [7, 11) is 6.95. The lowest BCUT2D eigenvalue weighted by molar-refractivity contribution is -0.544. The van der Waals surface area contributed by atoms with Crippen molar-refractivity contribution in [2.45, 2.75) is 129 Å². The van der Waals surface area contributed by atoms with Crippen molar-refractivity contribution in [2.75, 3.05) is 61.0 Å². The number of methoxy groups -OCH3 is 1. The Hall–Kier alpha value is -6.10. The number of rotatable bonds is 11. The van der Waals surface area contributed by atoms with E-state index in [2.05, 4.69) is 67.2 Å². The van der Waals surface area contributed by atoms with E-state index >= 15 is 14.0 Å². The van der Waals surface area contributed by atoms with Gasteiger partial charge in [-0.15, -0.1) is 0 Å². The van der Waals surface area contributed by atoms with Gasteiger partial charge in [0.05, 0.1) is 30.0 Å². The van der Waals surface area contributed by atoms with Crippen molar-refractivity contribution >= 4 is 46.7 Å². The van der Waals surface area contributed by atoms with Gasteiger partial charge in [0.25, 0.3) is 11.4 Å². The van der Waals surface area contributed by atoms with Crippen molar-refractivity contribution in [3.05, 3.63) is 89.8 Å². The number of fused-ring (bicyclic) bond motifs is 7. The van der Waals surface area contributed by atoms with Crippen LogP contribution in [0.15, 0.2) is 72.9 Å². The van der Waals surface area contributed by atoms with Crippen molar-refractivity contribution in [1.82, 2.24) is 34.7 Å². The number of nitrogens with zero attached hydrogens (tertiary/aromatic N) is 7. The summed E-state index contributed by atoms with van der Waals surface area (Å²) in [5, 5.41) is 2.63. The Morgan fingerprint density at radius 1 is 1.00 bits per heavy atom. The maximum atomic E-state index is 16.9. The van der Waals surface area contributed by atoms with E-state index in [0.717, 1.165) is 50.1 Å². The largest absolute Gasteiger partial charge is 0.465 e. The molecule has 0 radical (unpaired) electrons. The summed E-state index contributed by atoms with van der Waals surface area (Å²) in [6.07, 6.45) is 7.98. The third kappa shape index (κ3) is 11.0. The number of likely N-dealkylation sites (N-methyl/N-ethyl adjacent to an activating group) is 2. The summed E-state index contributed by atoms with van der Waals surface area (Å²) >= 11 is 0. The van der Waals surface area contributed by atoms with Gasteiger partial charge in [-0.2, -0.15) is 4.58 Å². The first-order chi connectivity index (χ1) is 35.6. The van der Waals surface area contributed by atoms with Crippen molar-refractivity contribution in [3.8, 4) is 22.4 Å². The number of nitrogens with one attached hydrogen (secondary N) is 1. The molecule has 0 aliphatic carbocycles. The summed E-state index contributed by atoms with van der Waals surface area (Å²) in [5.41, 5.74) is 6.86. The van der Waals surface area contributed by atoms with Crippen LogP contribution >= 0.6 is 0 Å². The van der Waals surface area contributed by atoms with Crippen molar-refractivity contribution < 1.29 is 42.4 Å². The number of aryl methyl sites for hydroxylation is 1. The summed E-state index contributed by atoms with van der Waals surface area (Å²) in [6, 6.07) is 17.0. The van der Waals surface area contributed by atoms with Crippen molar-refractivity contribution in [1.29, 1.82) is 0 Å². The third-order valence-corrected chi connectivity index (χ3v) is 16.1. The number of aromatic nitrogens is 2. The Balaban J connectivity index is 1.18. The molecule has 0 saturated carbocycles. The summed E-state index contributed by atoms with van der Waals surface area (Å²) in [6.45, 7) is 15.7. The SMILES string of the molecule is CCn1c(-c2cccnc2[C@H](C)OC)c2c3cc(ccc31)-c1cccc(c1)CC1(CC=[N+]1C(=O)C(C(C)C)N(C)C(=O)C1(F)CCN(C(=O)/C=C/CN(C)C)CC1)C(=O)N1CCC[C@@H](C(=O)OCC(C)(C)C2)C(C)N1. The molecule has 16 heteroatoms. The molecule has 6 heterocycles. The van der Waals surface area contributed by atoms with E-state index in [1.807, 2.05) is 64.9 Å². The van der Waals surface area contributed by atoms with Crippen LogP contribution in [0.1, 0.15) is 103 Å². The molecule has 2 aromatic heterocycles. The molecule has 4 aromatic rings. The second-order valence-electron chi connectivity index (χ2n) is 22.8. The topological polar surface area (TPSA) is 150 Å². The first-order valence-electron chi connectivity index (χ1n) is 26.8. The molecular formula is C59H78FN8O7+. The summed E-state index contributed by atoms with van der Waals surface area (Å²) < 4.78 is 32.9. The van der Waals surface area contributed by atoms with Gasteiger partial charge in [0, 0.05) is 106 Å². The number of carbonyl (C=O) groups is 5. The van der Waals surface area contributed by atoms with Gasteiger partial charge in [-0.3, -0.25) is 29.2 Å². The van der Waals surface area contributed by atoms with E-state index < -0.39 is 52.4 Å². The highest BCUT2D eigenvalue weighted by Gasteiger charge is 2.62. The molecule has 2 saturated heterocycles. The quantitative estimate of drug-likeness (QED) is 0.0906. The maximum Gasteiger partial charge on any atom is 0.410 e. The van der Waals surface area contributed by atoms with Crippen molar-refractivity contribution in [3.63, 3.8) is 0 Å². The van der Waals surface area contributed by atoms with Crippen LogP contribution in [-0.4, -0.2) is 154 Å². The third-order valence-electron chi connectivity index (χ3n) is 16.1. The minimum atomic E-state index is -2.30. The fourth-order valence-corrected chi connectivity index (χ4v) is 11.8. The van der Waals surface area contributed by atoms with Crippen LogP contribution < -0.4 is 5.43 Å². The number of carbonyl (C=O) groups excluding carboxylic acids is 5. The predicted molar refractivity (Wildman–Crippen MR) is 288 cm³/mol. The molecule has 6 bridgehead atoms. The molecule has 402 valence electrons. The monoisotopic (exact) mass is 1030 g/mol. The zero-order valence-corrected chi connectivity index (χ0v) is 46.0. The Bertz CT molecular complexity index is 2880. The molecule has 15 nitrogen and oxygen atoms in total. The molecule has 4 amide bonds. The molecule has 2 aromatic carbocycles. The number of esters is 1. The molecule has 1 spiro atoms. The summed E-state index contributed by atoms with van der Waals surface area (Å²) in [4.78, 5) is 81.9. The van der Waals surface area contributed by atoms with Crippen LogP contribution in [0, 0.1) is 17.3 Å². The lowest BCUT2D eigenvalue weighted by Gasteiger charge is -2.41. The van der Waals surface area contributed by atoms with Gasteiger partial charge in [0.2, 0.25) is 5.91 Å². The highest BCUT2D eigenvalue weighted by molar-refractivity contribution is 5.98. The van der Waals surface area contributed by atoms with E-state index in [0.29, 0.717) is 32.4 Å². The zero-order valence-electron chi connectivity index (χ0n) is 46.0. The van der Waals surface area contributed by atoms with Crippen LogP contribution in [0.3, 0.4) is 0 Å². The number of piperidine rings is 1. The lowest BCUT2D eigenvalue weighted by atomic mass is 9.79. The van der Waals surface area contributed by atoms with E-state index in [1.165, 1.54) is 22.6 Å². The molecule has 3 unspecified atom stereocenters. The number of likely N-dealkylation sites (tertiary alicyclic amines) is 1. The van der Waals surface area contributed by atoms with Gasteiger partial charge < -0.3 is 28.7 Å². The van der Waals surface area contributed by atoms with Crippen LogP contribution in [-0.2, 0) is 52.8 Å². The van der Waals surface area contributed by atoms with Gasteiger partial charge in [0.1, 0.15) is 6.42 Å². The minimum Gasteiger partial charge on any atom is -0.465 e. The van der Waals surface area contributed by atoms with Gasteiger partial charge in [-0.25, -0.2) is 14.6 Å². The van der Waals surface area contributed by atoms with Gasteiger partial charge in [-0.05, 0) is 107 Å². The maximum absolute atomic E-state index is 16.9. The Morgan fingerprint density at radius 3 is 2.40 bits per heavy atom. The number of hydrogen-bond acceptors (Lipinski definition) is 10. The molecule has 4 aliphatic heterocycles. The Labute approximate surface area is 442 Å². The molecule has 1 N–H and O–H groups in total. The number of hydrogen-bond donors (Lipinski definition) is 1. The first-order valence-corrected chi connectivity index (χ1v) is 26.8. The normalized spacial score (nSPS) is 22.9. The van der Waals surface area contributed by atoms with E-state index in [4.69, 9.17) is 14.5 Å². The number of alkyl halides is 1. The number of cyclic esters (lactones) is 1. The smallest absolute Gasteiger partial charge is 0.410 e.